The lowest BCUT2D eigenvalue weighted by molar-refractivity contribution is 0.126. The molecule has 41 heavy (non-hydrogen) atoms. The van der Waals surface area contributed by atoms with Crippen LogP contribution in [0.1, 0.15) is 102 Å². The van der Waals surface area contributed by atoms with E-state index in [9.17, 15) is 0 Å². The zero-order valence-corrected chi connectivity index (χ0v) is 28.1. The van der Waals surface area contributed by atoms with E-state index in [-0.39, 0.29) is 5.41 Å². The van der Waals surface area contributed by atoms with Crippen molar-refractivity contribution in [3.63, 3.8) is 0 Å². The molecular formula is C37H54O2P2. The molecule has 0 aliphatic heterocycles. The van der Waals surface area contributed by atoms with Crippen molar-refractivity contribution in [2.24, 2.45) is 29.1 Å². The Morgan fingerprint density at radius 2 is 1.34 bits per heavy atom. The summed E-state index contributed by atoms with van der Waals surface area (Å²) >= 11 is 0. The normalized spacial score (nSPS) is 26.5. The third-order valence-electron chi connectivity index (χ3n) is 10.7. The number of benzene rings is 2. The van der Waals surface area contributed by atoms with Crippen molar-refractivity contribution in [1.29, 1.82) is 0 Å². The summed E-state index contributed by atoms with van der Waals surface area (Å²) in [6.07, 6.45) is 17.8. The van der Waals surface area contributed by atoms with Gasteiger partial charge < -0.3 is 9.47 Å². The molecule has 224 valence electrons. The summed E-state index contributed by atoms with van der Waals surface area (Å²) in [7, 11) is 5.87. The number of allylic oxidation sites excluding steroid dienone is 1. The van der Waals surface area contributed by atoms with Crippen molar-refractivity contribution in [2.75, 3.05) is 13.2 Å². The van der Waals surface area contributed by atoms with Crippen LogP contribution in [0.3, 0.4) is 0 Å². The van der Waals surface area contributed by atoms with Crippen molar-refractivity contribution in [1.82, 2.24) is 0 Å². The molecule has 5 rings (SSSR count). The van der Waals surface area contributed by atoms with Gasteiger partial charge in [-0.2, -0.15) is 0 Å². The van der Waals surface area contributed by atoms with E-state index in [1.165, 1.54) is 92.0 Å². The molecule has 0 bridgehead atoms. The monoisotopic (exact) mass is 592 g/mol. The number of hydrogen-bond acceptors (Lipinski definition) is 2. The molecule has 2 nitrogen and oxygen atoms in total. The van der Waals surface area contributed by atoms with Crippen LogP contribution < -0.4 is 9.47 Å². The standard InChI is InChI=1S/C37H54O2P2/c1-26-4-8-29(9-5-26)30-10-6-28(7-11-30)22-38-35-20-32(23-40)36(33(21-35)24-41)31-12-14-34(15-13-31)39-25-37(3)18-16-27(2)17-19-37/h12-15,20-21,26,28-30H,2,4-11,16-19,22-25,40-41H2,1,3H3. The van der Waals surface area contributed by atoms with E-state index >= 15 is 0 Å². The van der Waals surface area contributed by atoms with Gasteiger partial charge in [-0.15, -0.1) is 18.5 Å². The van der Waals surface area contributed by atoms with E-state index in [0.29, 0.717) is 5.92 Å². The van der Waals surface area contributed by atoms with Crippen LogP contribution in [0, 0.1) is 29.1 Å². The summed E-state index contributed by atoms with van der Waals surface area (Å²) in [5.41, 5.74) is 6.92. The second-order valence-electron chi connectivity index (χ2n) is 14.0. The smallest absolute Gasteiger partial charge is 0.119 e. The van der Waals surface area contributed by atoms with Crippen LogP contribution in [0.15, 0.2) is 48.6 Å². The molecule has 0 spiro atoms. The lowest BCUT2D eigenvalue weighted by atomic mass is 9.69. The Morgan fingerprint density at radius 3 is 1.90 bits per heavy atom. The first-order valence-electron chi connectivity index (χ1n) is 16.4. The third-order valence-corrected chi connectivity index (χ3v) is 11.6. The van der Waals surface area contributed by atoms with Gasteiger partial charge in [-0.25, -0.2) is 0 Å². The number of rotatable bonds is 10. The van der Waals surface area contributed by atoms with Crippen molar-refractivity contribution < 1.29 is 9.47 Å². The molecule has 2 atom stereocenters. The van der Waals surface area contributed by atoms with Crippen LogP contribution in [-0.2, 0) is 12.3 Å². The highest BCUT2D eigenvalue weighted by molar-refractivity contribution is 7.15. The van der Waals surface area contributed by atoms with Crippen LogP contribution in [0.5, 0.6) is 11.5 Å². The molecule has 0 heterocycles. The molecule has 3 aliphatic carbocycles. The van der Waals surface area contributed by atoms with Gasteiger partial charge in [-0.05, 0) is 147 Å². The topological polar surface area (TPSA) is 18.5 Å². The zero-order chi connectivity index (χ0) is 28.8. The minimum absolute atomic E-state index is 0.252. The van der Waals surface area contributed by atoms with Gasteiger partial charge in [-0.1, -0.05) is 51.0 Å². The fourth-order valence-electron chi connectivity index (χ4n) is 7.64. The van der Waals surface area contributed by atoms with Gasteiger partial charge in [-0.3, -0.25) is 0 Å². The van der Waals surface area contributed by atoms with Gasteiger partial charge in [0.2, 0.25) is 0 Å². The molecule has 3 fully saturated rings. The molecule has 3 saturated carbocycles. The second-order valence-corrected chi connectivity index (χ2v) is 14.8. The van der Waals surface area contributed by atoms with Crippen LogP contribution in [0.2, 0.25) is 0 Å². The molecule has 0 saturated heterocycles. The number of hydrogen-bond donors (Lipinski definition) is 0. The minimum Gasteiger partial charge on any atom is -0.493 e. The molecule has 0 amide bonds. The van der Waals surface area contributed by atoms with Crippen molar-refractivity contribution in [3.05, 3.63) is 59.7 Å². The van der Waals surface area contributed by atoms with Crippen LogP contribution in [0.4, 0.5) is 0 Å². The van der Waals surface area contributed by atoms with Crippen molar-refractivity contribution in [3.8, 4) is 22.6 Å². The van der Waals surface area contributed by atoms with E-state index in [4.69, 9.17) is 9.47 Å². The summed E-state index contributed by atoms with van der Waals surface area (Å²) < 4.78 is 12.8. The number of ether oxygens (including phenoxy) is 2. The quantitative estimate of drug-likeness (QED) is 0.202. The van der Waals surface area contributed by atoms with Gasteiger partial charge in [0.15, 0.2) is 0 Å². The molecule has 0 aromatic heterocycles. The largest absolute Gasteiger partial charge is 0.493 e. The van der Waals surface area contributed by atoms with E-state index in [1.807, 2.05) is 0 Å². The van der Waals surface area contributed by atoms with Crippen LogP contribution >= 0.6 is 18.5 Å². The molecule has 4 heteroatoms. The summed E-state index contributed by atoms with van der Waals surface area (Å²) in [5.74, 6) is 5.63. The fourth-order valence-corrected chi connectivity index (χ4v) is 8.28. The highest BCUT2D eigenvalue weighted by Gasteiger charge is 2.31. The first-order chi connectivity index (χ1) is 19.9. The van der Waals surface area contributed by atoms with Gasteiger partial charge in [0.25, 0.3) is 0 Å². The molecule has 0 N–H and O–H groups in total. The lowest BCUT2D eigenvalue weighted by Crippen LogP contribution is -2.28. The zero-order valence-electron chi connectivity index (χ0n) is 25.8. The summed E-state index contributed by atoms with van der Waals surface area (Å²) in [6, 6.07) is 13.3. The molecule has 2 aromatic rings. The average Bonchev–Trinajstić information content (AvgIpc) is 3.01. The van der Waals surface area contributed by atoms with Crippen molar-refractivity contribution >= 4 is 18.5 Å². The van der Waals surface area contributed by atoms with E-state index < -0.39 is 0 Å². The Bertz CT molecular complexity index is 1110. The van der Waals surface area contributed by atoms with Gasteiger partial charge in [0.05, 0.1) is 13.2 Å². The van der Waals surface area contributed by atoms with E-state index in [2.05, 4.69) is 75.3 Å². The molecule has 3 aliphatic rings. The summed E-state index contributed by atoms with van der Waals surface area (Å²) in [5, 5.41) is 0. The Hall–Kier alpha value is -1.36. The predicted octanol–water partition coefficient (Wildman–Crippen LogP) is 10.6. The van der Waals surface area contributed by atoms with E-state index in [1.54, 1.807) is 0 Å². The second kappa shape index (κ2) is 14.4. The Morgan fingerprint density at radius 1 is 0.780 bits per heavy atom. The average molecular weight is 593 g/mol. The third kappa shape index (κ3) is 8.18. The lowest BCUT2D eigenvalue weighted by Gasteiger charge is -2.37. The van der Waals surface area contributed by atoms with Gasteiger partial charge in [0.1, 0.15) is 11.5 Å². The van der Waals surface area contributed by atoms with Crippen LogP contribution in [-0.4, -0.2) is 13.2 Å². The predicted molar refractivity (Wildman–Crippen MR) is 182 cm³/mol. The first-order valence-corrected chi connectivity index (χ1v) is 18.1. The summed E-state index contributed by atoms with van der Waals surface area (Å²) in [6.45, 7) is 10.6. The Kier molecular flexibility index (Phi) is 10.9. The summed E-state index contributed by atoms with van der Waals surface area (Å²) in [4.78, 5) is 0. The van der Waals surface area contributed by atoms with Gasteiger partial charge in [0, 0.05) is 5.41 Å². The molecular weight excluding hydrogens is 538 g/mol. The fraction of sp³-hybridized carbons (Fsp3) is 0.622. The van der Waals surface area contributed by atoms with Crippen molar-refractivity contribution in [2.45, 2.75) is 103 Å². The van der Waals surface area contributed by atoms with Gasteiger partial charge >= 0.3 is 0 Å². The Labute approximate surface area is 255 Å². The Balaban J connectivity index is 1.17. The SMILES string of the molecule is C=C1CCC(C)(COc2ccc(-c3c(CP)cc(OCC4CCC(C5CCC(C)CC5)CC4)cc3CP)cc2)CC1. The maximum Gasteiger partial charge on any atom is 0.119 e. The highest BCUT2D eigenvalue weighted by atomic mass is 31.0. The minimum atomic E-state index is 0.252. The highest BCUT2D eigenvalue weighted by Crippen LogP contribution is 2.42. The molecule has 2 aromatic carbocycles. The molecule has 0 radical (unpaired) electrons. The molecule has 2 unspecified atom stereocenters. The van der Waals surface area contributed by atoms with Crippen LogP contribution in [0.25, 0.3) is 11.1 Å². The maximum absolute atomic E-state index is 6.50. The maximum atomic E-state index is 6.50. The first kappa shape index (κ1) is 31.1. The van der Waals surface area contributed by atoms with E-state index in [0.717, 1.165) is 67.6 Å².